The Kier molecular flexibility index (Phi) is 5.69. The van der Waals surface area contributed by atoms with Gasteiger partial charge in [-0.1, -0.05) is 39.3 Å². The molecule has 0 amide bonds. The third-order valence-corrected chi connectivity index (χ3v) is 2.84. The Morgan fingerprint density at radius 1 is 1.24 bits per heavy atom. The maximum atomic E-state index is 6.06. The van der Waals surface area contributed by atoms with Crippen molar-refractivity contribution in [3.05, 3.63) is 17.0 Å². The fraction of sp³-hybridized carbons (Fsp3) is 0.692. The first-order chi connectivity index (χ1) is 8.02. The number of ether oxygens (including phenoxy) is 1. The zero-order valence-corrected chi connectivity index (χ0v) is 11.8. The van der Waals surface area contributed by atoms with E-state index in [1.54, 1.807) is 0 Å². The summed E-state index contributed by atoms with van der Waals surface area (Å²) in [6, 6.07) is 0. The van der Waals surface area contributed by atoms with E-state index < -0.39 is 0 Å². The molecule has 1 heterocycles. The minimum absolute atomic E-state index is 0.267. The van der Waals surface area contributed by atoms with Crippen molar-refractivity contribution in [3.8, 4) is 5.88 Å². The van der Waals surface area contributed by atoms with E-state index in [-0.39, 0.29) is 5.92 Å². The lowest BCUT2D eigenvalue weighted by Gasteiger charge is -2.13. The van der Waals surface area contributed by atoms with Gasteiger partial charge in [-0.05, 0) is 24.7 Å². The lowest BCUT2D eigenvalue weighted by atomic mass is 10.1. The Balaban J connectivity index is 2.61. The molecule has 0 fully saturated rings. The third kappa shape index (κ3) is 4.50. The Morgan fingerprint density at radius 2 is 1.94 bits per heavy atom. The van der Waals surface area contributed by atoms with Gasteiger partial charge in [0, 0.05) is 0 Å². The monoisotopic (exact) mass is 256 g/mol. The summed E-state index contributed by atoms with van der Waals surface area (Å²) >= 11 is 6.06. The van der Waals surface area contributed by atoms with Crippen LogP contribution >= 0.6 is 11.6 Å². The zero-order valence-electron chi connectivity index (χ0n) is 11.0. The number of nitrogens with zero attached hydrogens (tertiary/aromatic N) is 2. The molecule has 17 heavy (non-hydrogen) atoms. The minimum Gasteiger partial charge on any atom is -0.477 e. The summed E-state index contributed by atoms with van der Waals surface area (Å²) in [5.74, 6) is 1.60. The van der Waals surface area contributed by atoms with Crippen LogP contribution in [0, 0.1) is 5.92 Å². The van der Waals surface area contributed by atoms with Crippen molar-refractivity contribution in [2.75, 3.05) is 6.61 Å². The second-order valence-electron chi connectivity index (χ2n) is 4.92. The molecule has 0 aliphatic rings. The van der Waals surface area contributed by atoms with Crippen molar-refractivity contribution in [3.63, 3.8) is 0 Å². The second-order valence-corrected chi connectivity index (χ2v) is 5.28. The van der Waals surface area contributed by atoms with Gasteiger partial charge in [0.15, 0.2) is 0 Å². The standard InChI is InChI=1S/C13H21ClN2O/c1-9(2)6-5-7-17-13-11(10(3)4)12(14)15-8-16-13/h8-10H,5-7H2,1-4H3. The predicted octanol–water partition coefficient (Wildman–Crippen LogP) is 4.07. The van der Waals surface area contributed by atoms with Gasteiger partial charge in [0.2, 0.25) is 5.88 Å². The first kappa shape index (κ1) is 14.2. The van der Waals surface area contributed by atoms with E-state index in [1.165, 1.54) is 6.33 Å². The highest BCUT2D eigenvalue weighted by molar-refractivity contribution is 6.30. The molecule has 4 heteroatoms. The smallest absolute Gasteiger partial charge is 0.221 e. The Labute approximate surface area is 109 Å². The van der Waals surface area contributed by atoms with Gasteiger partial charge in [0.1, 0.15) is 11.5 Å². The topological polar surface area (TPSA) is 35.0 Å². The van der Waals surface area contributed by atoms with Crippen molar-refractivity contribution in [1.29, 1.82) is 0 Å². The number of rotatable bonds is 6. The fourth-order valence-corrected chi connectivity index (χ4v) is 1.96. The number of hydrogen-bond donors (Lipinski definition) is 0. The zero-order chi connectivity index (χ0) is 12.8. The molecule has 0 spiro atoms. The molecule has 0 aliphatic carbocycles. The van der Waals surface area contributed by atoms with Gasteiger partial charge in [-0.3, -0.25) is 0 Å². The third-order valence-electron chi connectivity index (χ3n) is 2.54. The summed E-state index contributed by atoms with van der Waals surface area (Å²) in [6.45, 7) is 9.23. The van der Waals surface area contributed by atoms with E-state index in [2.05, 4.69) is 37.7 Å². The summed E-state index contributed by atoms with van der Waals surface area (Å²) in [4.78, 5) is 8.15. The molecule has 1 aromatic rings. The van der Waals surface area contributed by atoms with Gasteiger partial charge in [-0.15, -0.1) is 0 Å². The molecule has 0 saturated heterocycles. The van der Waals surface area contributed by atoms with Gasteiger partial charge < -0.3 is 4.74 Å². The SMILES string of the molecule is CC(C)CCCOc1ncnc(Cl)c1C(C)C. The molecule has 0 saturated carbocycles. The molecule has 0 bridgehead atoms. The van der Waals surface area contributed by atoms with E-state index in [0.717, 1.165) is 18.4 Å². The van der Waals surface area contributed by atoms with E-state index in [0.29, 0.717) is 23.6 Å². The second kappa shape index (κ2) is 6.80. The summed E-state index contributed by atoms with van der Waals surface area (Å²) in [6.07, 6.45) is 3.65. The largest absolute Gasteiger partial charge is 0.477 e. The highest BCUT2D eigenvalue weighted by Crippen LogP contribution is 2.29. The lowest BCUT2D eigenvalue weighted by Crippen LogP contribution is -2.05. The highest BCUT2D eigenvalue weighted by atomic mass is 35.5. The van der Waals surface area contributed by atoms with Gasteiger partial charge in [0.05, 0.1) is 12.2 Å². The van der Waals surface area contributed by atoms with Crippen molar-refractivity contribution in [2.45, 2.75) is 46.5 Å². The van der Waals surface area contributed by atoms with Gasteiger partial charge in [-0.2, -0.15) is 0 Å². The first-order valence-corrected chi connectivity index (χ1v) is 6.53. The predicted molar refractivity (Wildman–Crippen MR) is 70.7 cm³/mol. The maximum Gasteiger partial charge on any atom is 0.221 e. The van der Waals surface area contributed by atoms with E-state index in [9.17, 15) is 0 Å². The van der Waals surface area contributed by atoms with Crippen molar-refractivity contribution < 1.29 is 4.74 Å². The van der Waals surface area contributed by atoms with Crippen LogP contribution in [-0.2, 0) is 0 Å². The van der Waals surface area contributed by atoms with Gasteiger partial charge >= 0.3 is 0 Å². The highest BCUT2D eigenvalue weighted by Gasteiger charge is 2.14. The molecular formula is C13H21ClN2O. The van der Waals surface area contributed by atoms with Crippen LogP contribution in [0.25, 0.3) is 0 Å². The van der Waals surface area contributed by atoms with Crippen molar-refractivity contribution >= 4 is 11.6 Å². The van der Waals surface area contributed by atoms with Crippen LogP contribution in [0.4, 0.5) is 0 Å². The average Bonchev–Trinajstić information content (AvgIpc) is 2.23. The minimum atomic E-state index is 0.267. The fourth-order valence-electron chi connectivity index (χ4n) is 1.62. The molecule has 3 nitrogen and oxygen atoms in total. The van der Waals surface area contributed by atoms with Crippen LogP contribution in [0.1, 0.15) is 52.0 Å². The molecular weight excluding hydrogens is 236 g/mol. The van der Waals surface area contributed by atoms with Gasteiger partial charge in [0.25, 0.3) is 0 Å². The molecule has 0 N–H and O–H groups in total. The molecule has 1 rings (SSSR count). The van der Waals surface area contributed by atoms with Crippen LogP contribution in [0.15, 0.2) is 6.33 Å². The normalized spacial score (nSPS) is 11.2. The summed E-state index contributed by atoms with van der Waals surface area (Å²) in [7, 11) is 0. The Bertz CT molecular complexity index is 353. The molecule has 0 atom stereocenters. The Morgan fingerprint density at radius 3 is 2.53 bits per heavy atom. The summed E-state index contributed by atoms with van der Waals surface area (Å²) < 4.78 is 5.69. The average molecular weight is 257 g/mol. The van der Waals surface area contributed by atoms with Crippen molar-refractivity contribution in [2.24, 2.45) is 5.92 Å². The molecule has 0 radical (unpaired) electrons. The van der Waals surface area contributed by atoms with E-state index in [1.807, 2.05) is 0 Å². The maximum absolute atomic E-state index is 6.06. The quantitative estimate of drug-likeness (QED) is 0.569. The number of halogens is 1. The lowest BCUT2D eigenvalue weighted by molar-refractivity contribution is 0.282. The molecule has 0 unspecified atom stereocenters. The van der Waals surface area contributed by atoms with Crippen LogP contribution in [0.3, 0.4) is 0 Å². The van der Waals surface area contributed by atoms with Crippen LogP contribution in [-0.4, -0.2) is 16.6 Å². The molecule has 0 aliphatic heterocycles. The van der Waals surface area contributed by atoms with Crippen molar-refractivity contribution in [1.82, 2.24) is 9.97 Å². The summed E-state index contributed by atoms with van der Waals surface area (Å²) in [5, 5.41) is 0.494. The Hall–Kier alpha value is -0.830. The van der Waals surface area contributed by atoms with E-state index >= 15 is 0 Å². The van der Waals surface area contributed by atoms with E-state index in [4.69, 9.17) is 16.3 Å². The van der Waals surface area contributed by atoms with Crippen LogP contribution < -0.4 is 4.74 Å². The molecule has 0 aromatic carbocycles. The number of aromatic nitrogens is 2. The van der Waals surface area contributed by atoms with Crippen LogP contribution in [0.2, 0.25) is 5.15 Å². The van der Waals surface area contributed by atoms with Gasteiger partial charge in [-0.25, -0.2) is 9.97 Å². The molecule has 1 aromatic heterocycles. The van der Waals surface area contributed by atoms with Crippen LogP contribution in [0.5, 0.6) is 5.88 Å². The number of hydrogen-bond acceptors (Lipinski definition) is 3. The first-order valence-electron chi connectivity index (χ1n) is 6.15. The molecule has 96 valence electrons. The summed E-state index contributed by atoms with van der Waals surface area (Å²) in [5.41, 5.74) is 0.902.